The summed E-state index contributed by atoms with van der Waals surface area (Å²) in [5.74, 6) is -0.0169. The van der Waals surface area contributed by atoms with Crippen molar-refractivity contribution < 1.29 is 13.9 Å². The molecule has 1 saturated carbocycles. The van der Waals surface area contributed by atoms with E-state index in [1.165, 1.54) is 17.4 Å². The predicted octanol–water partition coefficient (Wildman–Crippen LogP) is 3.55. The van der Waals surface area contributed by atoms with E-state index >= 15 is 0 Å². The highest BCUT2D eigenvalue weighted by atomic mass is 16.5. The first kappa shape index (κ1) is 16.4. The van der Waals surface area contributed by atoms with Crippen LogP contribution in [0.15, 0.2) is 57.7 Å². The zero-order valence-corrected chi connectivity index (χ0v) is 14.3. The number of carbonyl (C=O) groups excluding carboxylic acids is 1. The topological polar surface area (TPSA) is 73.5 Å². The molecule has 1 aliphatic rings. The van der Waals surface area contributed by atoms with Crippen molar-refractivity contribution in [2.24, 2.45) is 0 Å². The van der Waals surface area contributed by atoms with Gasteiger partial charge in [0, 0.05) is 5.69 Å². The van der Waals surface area contributed by atoms with Crippen molar-refractivity contribution in [1.82, 2.24) is 4.57 Å². The molecule has 3 aromatic rings. The first-order valence-electron chi connectivity index (χ1n) is 8.84. The van der Waals surface area contributed by atoms with Crippen molar-refractivity contribution in [3.05, 3.63) is 59.1 Å². The molecular formula is C20H20N2O4. The number of benzene rings is 2. The van der Waals surface area contributed by atoms with Crippen LogP contribution in [0.4, 0.5) is 5.69 Å². The SMILES string of the molecule is O=C(Cn1c(=O)oc2ccccc21)Nc1ccc(OC2CCCC2)cc1. The van der Waals surface area contributed by atoms with E-state index in [0.29, 0.717) is 22.9 Å². The van der Waals surface area contributed by atoms with E-state index in [4.69, 9.17) is 9.15 Å². The Balaban J connectivity index is 1.41. The number of amides is 1. The number of nitrogens with one attached hydrogen (secondary N) is 1. The van der Waals surface area contributed by atoms with Crippen molar-refractivity contribution in [2.45, 2.75) is 38.3 Å². The highest BCUT2D eigenvalue weighted by molar-refractivity contribution is 5.91. The average Bonchev–Trinajstić information content (AvgIpc) is 3.25. The third-order valence-corrected chi connectivity index (χ3v) is 4.62. The zero-order valence-electron chi connectivity index (χ0n) is 14.3. The highest BCUT2D eigenvalue weighted by Crippen LogP contribution is 2.25. The van der Waals surface area contributed by atoms with Gasteiger partial charge in [-0.3, -0.25) is 9.36 Å². The molecule has 26 heavy (non-hydrogen) atoms. The van der Waals surface area contributed by atoms with Gasteiger partial charge in [-0.2, -0.15) is 0 Å². The van der Waals surface area contributed by atoms with Crippen LogP contribution in [0.5, 0.6) is 5.75 Å². The summed E-state index contributed by atoms with van der Waals surface area (Å²) in [6.45, 7) is -0.101. The quantitative estimate of drug-likeness (QED) is 0.762. The standard InChI is InChI=1S/C20H20N2O4/c23-19(13-22-17-7-3-4-8-18(17)26-20(22)24)21-14-9-11-16(12-10-14)25-15-5-1-2-6-15/h3-4,7-12,15H,1-2,5-6,13H2,(H,21,23). The molecular weight excluding hydrogens is 332 g/mol. The van der Waals surface area contributed by atoms with E-state index in [1.807, 2.05) is 12.1 Å². The van der Waals surface area contributed by atoms with Gasteiger partial charge in [0.2, 0.25) is 5.91 Å². The summed E-state index contributed by atoms with van der Waals surface area (Å²) in [5, 5.41) is 2.80. The second-order valence-corrected chi connectivity index (χ2v) is 6.52. The minimum Gasteiger partial charge on any atom is -0.490 e. The Hall–Kier alpha value is -3.02. The molecule has 1 N–H and O–H groups in total. The average molecular weight is 352 g/mol. The van der Waals surface area contributed by atoms with Gasteiger partial charge in [0.15, 0.2) is 5.58 Å². The Kier molecular flexibility index (Phi) is 4.48. The summed E-state index contributed by atoms with van der Waals surface area (Å²) < 4.78 is 12.4. The van der Waals surface area contributed by atoms with Gasteiger partial charge in [-0.25, -0.2) is 4.79 Å². The second-order valence-electron chi connectivity index (χ2n) is 6.52. The Labute approximate surface area is 150 Å². The third kappa shape index (κ3) is 3.49. The fraction of sp³-hybridized carbons (Fsp3) is 0.300. The molecule has 1 amide bonds. The fourth-order valence-corrected chi connectivity index (χ4v) is 3.32. The van der Waals surface area contributed by atoms with Gasteiger partial charge >= 0.3 is 5.76 Å². The summed E-state index contributed by atoms with van der Waals surface area (Å²) in [5.41, 5.74) is 1.74. The van der Waals surface area contributed by atoms with Crippen LogP contribution in [-0.2, 0) is 11.3 Å². The first-order chi connectivity index (χ1) is 12.7. The number of aromatic nitrogens is 1. The van der Waals surface area contributed by atoms with Gasteiger partial charge < -0.3 is 14.5 Å². The molecule has 6 nitrogen and oxygen atoms in total. The normalized spacial score (nSPS) is 14.6. The molecule has 0 unspecified atom stereocenters. The summed E-state index contributed by atoms with van der Waals surface area (Å²) in [7, 11) is 0. The molecule has 1 heterocycles. The lowest BCUT2D eigenvalue weighted by atomic mass is 10.2. The van der Waals surface area contributed by atoms with Crippen LogP contribution in [0.2, 0.25) is 0 Å². The minimum absolute atomic E-state index is 0.101. The number of hydrogen-bond donors (Lipinski definition) is 1. The monoisotopic (exact) mass is 352 g/mol. The van der Waals surface area contributed by atoms with Gasteiger partial charge in [-0.1, -0.05) is 12.1 Å². The summed E-state index contributed by atoms with van der Waals surface area (Å²) in [4.78, 5) is 24.2. The maximum Gasteiger partial charge on any atom is 0.420 e. The van der Waals surface area contributed by atoms with Crippen LogP contribution < -0.4 is 15.8 Å². The Bertz CT molecular complexity index is 965. The Morgan fingerprint density at radius 2 is 1.85 bits per heavy atom. The summed E-state index contributed by atoms with van der Waals surface area (Å²) in [6, 6.07) is 14.4. The van der Waals surface area contributed by atoms with E-state index in [0.717, 1.165) is 18.6 Å². The van der Waals surface area contributed by atoms with Gasteiger partial charge in [-0.05, 0) is 62.1 Å². The molecule has 0 radical (unpaired) electrons. The molecule has 0 atom stereocenters. The van der Waals surface area contributed by atoms with Crippen LogP contribution in [0.3, 0.4) is 0 Å². The van der Waals surface area contributed by atoms with Crippen LogP contribution >= 0.6 is 0 Å². The van der Waals surface area contributed by atoms with Gasteiger partial charge in [0.25, 0.3) is 0 Å². The van der Waals surface area contributed by atoms with Crippen molar-refractivity contribution in [3.8, 4) is 5.75 Å². The van der Waals surface area contributed by atoms with Crippen molar-refractivity contribution in [2.75, 3.05) is 5.32 Å². The minimum atomic E-state index is -0.540. The maximum atomic E-state index is 12.3. The zero-order chi connectivity index (χ0) is 17.9. The lowest BCUT2D eigenvalue weighted by Gasteiger charge is -2.13. The Morgan fingerprint density at radius 3 is 2.62 bits per heavy atom. The van der Waals surface area contributed by atoms with E-state index in [2.05, 4.69) is 5.32 Å². The van der Waals surface area contributed by atoms with Crippen molar-refractivity contribution in [3.63, 3.8) is 0 Å². The number of para-hydroxylation sites is 2. The fourth-order valence-electron chi connectivity index (χ4n) is 3.32. The number of nitrogens with zero attached hydrogens (tertiary/aromatic N) is 1. The van der Waals surface area contributed by atoms with E-state index < -0.39 is 5.76 Å². The molecule has 1 aliphatic carbocycles. The first-order valence-corrected chi connectivity index (χ1v) is 8.84. The molecule has 0 saturated heterocycles. The van der Waals surface area contributed by atoms with E-state index in [1.54, 1.807) is 36.4 Å². The van der Waals surface area contributed by atoms with Crippen LogP contribution in [0.25, 0.3) is 11.1 Å². The van der Waals surface area contributed by atoms with E-state index in [9.17, 15) is 9.59 Å². The highest BCUT2D eigenvalue weighted by Gasteiger charge is 2.16. The molecule has 4 rings (SSSR count). The number of oxazole rings is 1. The van der Waals surface area contributed by atoms with Gasteiger partial charge in [-0.15, -0.1) is 0 Å². The molecule has 0 bridgehead atoms. The lowest BCUT2D eigenvalue weighted by molar-refractivity contribution is -0.116. The van der Waals surface area contributed by atoms with Gasteiger partial charge in [0.1, 0.15) is 12.3 Å². The van der Waals surface area contributed by atoms with Crippen molar-refractivity contribution in [1.29, 1.82) is 0 Å². The molecule has 134 valence electrons. The third-order valence-electron chi connectivity index (χ3n) is 4.62. The largest absolute Gasteiger partial charge is 0.490 e. The Morgan fingerprint density at radius 1 is 1.12 bits per heavy atom. The van der Waals surface area contributed by atoms with Crippen LogP contribution in [0, 0.1) is 0 Å². The number of ether oxygens (including phenoxy) is 1. The number of fused-ring (bicyclic) bond motifs is 1. The number of rotatable bonds is 5. The smallest absolute Gasteiger partial charge is 0.420 e. The van der Waals surface area contributed by atoms with Crippen molar-refractivity contribution >= 4 is 22.7 Å². The van der Waals surface area contributed by atoms with E-state index in [-0.39, 0.29) is 12.5 Å². The predicted molar refractivity (Wildman–Crippen MR) is 98.4 cm³/mol. The molecule has 0 spiro atoms. The summed E-state index contributed by atoms with van der Waals surface area (Å²) >= 11 is 0. The second kappa shape index (κ2) is 7.07. The summed E-state index contributed by atoms with van der Waals surface area (Å²) in [6.07, 6.45) is 4.95. The van der Waals surface area contributed by atoms with Crippen LogP contribution in [-0.4, -0.2) is 16.6 Å². The van der Waals surface area contributed by atoms with Gasteiger partial charge in [0.05, 0.1) is 11.6 Å². The van der Waals surface area contributed by atoms with Crippen LogP contribution in [0.1, 0.15) is 25.7 Å². The number of anilines is 1. The molecule has 2 aromatic carbocycles. The maximum absolute atomic E-state index is 12.3. The molecule has 1 fully saturated rings. The lowest BCUT2D eigenvalue weighted by Crippen LogP contribution is -2.24. The molecule has 6 heteroatoms. The molecule has 0 aliphatic heterocycles. The number of carbonyl (C=O) groups is 1. The molecule has 1 aromatic heterocycles. The number of hydrogen-bond acceptors (Lipinski definition) is 4.